The molecule has 0 heterocycles. The molecule has 1 unspecified atom stereocenters. The normalized spacial score (nSPS) is 12.0. The van der Waals surface area contributed by atoms with Crippen LogP contribution in [0.25, 0.3) is 0 Å². The Bertz CT molecular complexity index is 491. The van der Waals surface area contributed by atoms with E-state index >= 15 is 0 Å². The van der Waals surface area contributed by atoms with E-state index in [-0.39, 0.29) is 23.2 Å². The molecule has 1 aromatic rings. The van der Waals surface area contributed by atoms with Gasteiger partial charge >= 0.3 is 0 Å². The van der Waals surface area contributed by atoms with Crippen LogP contribution in [-0.4, -0.2) is 28.8 Å². The fraction of sp³-hybridized carbons (Fsp3) is 0.462. The Hall–Kier alpha value is -1.62. The summed E-state index contributed by atoms with van der Waals surface area (Å²) in [7, 11) is 1.65. The Morgan fingerprint density at radius 3 is 2.68 bits per heavy atom. The lowest BCUT2D eigenvalue weighted by Crippen LogP contribution is -2.35. The van der Waals surface area contributed by atoms with Gasteiger partial charge in [0.25, 0.3) is 11.6 Å². The monoisotopic (exact) mass is 284 g/mol. The standard InChI is InChI=1S/C13H17ClN2O3/c1-4-5-9(2)15(3)13(17)11-8-10(14)6-7-12(11)16(18)19/h6-9H,4-5H2,1-3H3. The number of nitro groups is 1. The highest BCUT2D eigenvalue weighted by atomic mass is 35.5. The van der Waals surface area contributed by atoms with Crippen molar-refractivity contribution in [3.63, 3.8) is 0 Å². The molecule has 0 aliphatic carbocycles. The largest absolute Gasteiger partial charge is 0.339 e. The molecule has 0 aliphatic heterocycles. The summed E-state index contributed by atoms with van der Waals surface area (Å²) >= 11 is 5.82. The Morgan fingerprint density at radius 2 is 2.16 bits per heavy atom. The second kappa shape index (κ2) is 6.52. The molecule has 1 amide bonds. The SMILES string of the molecule is CCCC(C)N(C)C(=O)c1cc(Cl)ccc1[N+](=O)[O-]. The van der Waals surface area contributed by atoms with Gasteiger partial charge in [-0.15, -0.1) is 0 Å². The zero-order chi connectivity index (χ0) is 14.6. The van der Waals surface area contributed by atoms with Crippen LogP contribution in [0, 0.1) is 10.1 Å². The van der Waals surface area contributed by atoms with Crippen LogP contribution in [0.2, 0.25) is 5.02 Å². The van der Waals surface area contributed by atoms with Gasteiger partial charge in [-0.05, 0) is 25.5 Å². The Balaban J connectivity index is 3.11. The number of nitrogens with zero attached hydrogens (tertiary/aromatic N) is 2. The quantitative estimate of drug-likeness (QED) is 0.614. The maximum atomic E-state index is 12.3. The van der Waals surface area contributed by atoms with Gasteiger partial charge in [0.1, 0.15) is 5.56 Å². The van der Waals surface area contributed by atoms with Gasteiger partial charge in [0.2, 0.25) is 0 Å². The average molecular weight is 285 g/mol. The second-order valence-electron chi connectivity index (χ2n) is 4.47. The van der Waals surface area contributed by atoms with Gasteiger partial charge in [-0.1, -0.05) is 24.9 Å². The number of amides is 1. The van der Waals surface area contributed by atoms with E-state index in [0.29, 0.717) is 5.02 Å². The minimum atomic E-state index is -0.568. The first-order chi connectivity index (χ1) is 8.88. The zero-order valence-corrected chi connectivity index (χ0v) is 12.0. The number of carbonyl (C=O) groups excluding carboxylic acids is 1. The number of hydrogen-bond donors (Lipinski definition) is 0. The number of rotatable bonds is 5. The van der Waals surface area contributed by atoms with Crippen molar-refractivity contribution < 1.29 is 9.72 Å². The molecule has 0 bridgehead atoms. The zero-order valence-electron chi connectivity index (χ0n) is 11.2. The lowest BCUT2D eigenvalue weighted by Gasteiger charge is -2.24. The first kappa shape index (κ1) is 15.4. The highest BCUT2D eigenvalue weighted by Crippen LogP contribution is 2.24. The Kier molecular flexibility index (Phi) is 5.30. The van der Waals surface area contributed by atoms with Crippen molar-refractivity contribution in [2.75, 3.05) is 7.05 Å². The molecule has 0 radical (unpaired) electrons. The predicted octanol–water partition coefficient (Wildman–Crippen LogP) is 3.51. The maximum Gasteiger partial charge on any atom is 0.282 e. The molecular formula is C13H17ClN2O3. The van der Waals surface area contributed by atoms with Crippen LogP contribution in [0.15, 0.2) is 18.2 Å². The number of halogens is 1. The van der Waals surface area contributed by atoms with E-state index in [4.69, 9.17) is 11.6 Å². The minimum Gasteiger partial charge on any atom is -0.339 e. The van der Waals surface area contributed by atoms with Crippen molar-refractivity contribution in [3.05, 3.63) is 38.9 Å². The van der Waals surface area contributed by atoms with Crippen LogP contribution < -0.4 is 0 Å². The summed E-state index contributed by atoms with van der Waals surface area (Å²) in [6, 6.07) is 4.04. The van der Waals surface area contributed by atoms with Crippen LogP contribution >= 0.6 is 11.6 Å². The lowest BCUT2D eigenvalue weighted by atomic mass is 10.1. The Morgan fingerprint density at radius 1 is 1.53 bits per heavy atom. The van der Waals surface area contributed by atoms with Crippen molar-refractivity contribution in [2.45, 2.75) is 32.7 Å². The van der Waals surface area contributed by atoms with Gasteiger partial charge in [0.05, 0.1) is 4.92 Å². The van der Waals surface area contributed by atoms with E-state index in [1.54, 1.807) is 7.05 Å². The summed E-state index contributed by atoms with van der Waals surface area (Å²) in [5, 5.41) is 11.3. The summed E-state index contributed by atoms with van der Waals surface area (Å²) in [5.41, 5.74) is -0.187. The van der Waals surface area contributed by atoms with Crippen LogP contribution in [0.5, 0.6) is 0 Å². The average Bonchev–Trinajstić information content (AvgIpc) is 2.36. The van der Waals surface area contributed by atoms with Crippen molar-refractivity contribution in [1.82, 2.24) is 4.90 Å². The summed E-state index contributed by atoms with van der Waals surface area (Å²) in [6.07, 6.45) is 1.78. The third-order valence-electron chi connectivity index (χ3n) is 3.07. The first-order valence-corrected chi connectivity index (χ1v) is 6.47. The molecule has 0 fully saturated rings. The molecule has 0 spiro atoms. The molecule has 0 saturated heterocycles. The van der Waals surface area contributed by atoms with Gasteiger partial charge in [0, 0.05) is 24.2 Å². The molecule has 6 heteroatoms. The highest BCUT2D eigenvalue weighted by molar-refractivity contribution is 6.31. The fourth-order valence-corrected chi connectivity index (χ4v) is 2.01. The molecule has 0 aromatic heterocycles. The van der Waals surface area contributed by atoms with Crippen molar-refractivity contribution >= 4 is 23.2 Å². The van der Waals surface area contributed by atoms with Crippen molar-refractivity contribution in [1.29, 1.82) is 0 Å². The highest BCUT2D eigenvalue weighted by Gasteiger charge is 2.25. The molecule has 104 valence electrons. The third-order valence-corrected chi connectivity index (χ3v) is 3.31. The first-order valence-electron chi connectivity index (χ1n) is 6.09. The fourth-order valence-electron chi connectivity index (χ4n) is 1.84. The molecule has 1 rings (SSSR count). The van der Waals surface area contributed by atoms with Crippen LogP contribution in [0.1, 0.15) is 37.0 Å². The molecule has 0 N–H and O–H groups in total. The van der Waals surface area contributed by atoms with E-state index in [2.05, 4.69) is 0 Å². The van der Waals surface area contributed by atoms with Gasteiger partial charge in [-0.2, -0.15) is 0 Å². The molecule has 19 heavy (non-hydrogen) atoms. The number of hydrogen-bond acceptors (Lipinski definition) is 3. The van der Waals surface area contributed by atoms with Crippen molar-refractivity contribution in [2.24, 2.45) is 0 Å². The van der Waals surface area contributed by atoms with E-state index in [0.717, 1.165) is 12.8 Å². The molecule has 0 aliphatic rings. The Labute approximate surface area is 117 Å². The second-order valence-corrected chi connectivity index (χ2v) is 4.91. The van der Waals surface area contributed by atoms with Crippen molar-refractivity contribution in [3.8, 4) is 0 Å². The number of carbonyl (C=O) groups is 1. The predicted molar refractivity (Wildman–Crippen MR) is 74.6 cm³/mol. The summed E-state index contributed by atoms with van der Waals surface area (Å²) in [6.45, 7) is 3.94. The van der Waals surface area contributed by atoms with E-state index in [9.17, 15) is 14.9 Å². The summed E-state index contributed by atoms with van der Waals surface area (Å²) in [5.74, 6) is -0.379. The lowest BCUT2D eigenvalue weighted by molar-refractivity contribution is -0.385. The van der Waals surface area contributed by atoms with E-state index in [1.807, 2.05) is 13.8 Å². The van der Waals surface area contributed by atoms with E-state index in [1.165, 1.54) is 23.1 Å². The molecule has 5 nitrogen and oxygen atoms in total. The molecule has 1 atom stereocenters. The molecule has 1 aromatic carbocycles. The van der Waals surface area contributed by atoms with Gasteiger partial charge in [-0.3, -0.25) is 14.9 Å². The van der Waals surface area contributed by atoms with Crippen LogP contribution in [0.3, 0.4) is 0 Å². The maximum absolute atomic E-state index is 12.3. The topological polar surface area (TPSA) is 63.5 Å². The van der Waals surface area contributed by atoms with Gasteiger partial charge in [-0.25, -0.2) is 0 Å². The molecule has 0 saturated carbocycles. The molecular weight excluding hydrogens is 268 g/mol. The summed E-state index contributed by atoms with van der Waals surface area (Å²) in [4.78, 5) is 24.2. The number of nitro benzene ring substituents is 1. The van der Waals surface area contributed by atoms with Crippen LogP contribution in [0.4, 0.5) is 5.69 Å². The van der Waals surface area contributed by atoms with Crippen LogP contribution in [-0.2, 0) is 0 Å². The summed E-state index contributed by atoms with van der Waals surface area (Å²) < 4.78 is 0. The smallest absolute Gasteiger partial charge is 0.282 e. The third kappa shape index (κ3) is 3.67. The van der Waals surface area contributed by atoms with E-state index < -0.39 is 4.92 Å². The minimum absolute atomic E-state index is 0.0242. The number of benzene rings is 1. The van der Waals surface area contributed by atoms with Gasteiger partial charge in [0.15, 0.2) is 0 Å². The van der Waals surface area contributed by atoms with Gasteiger partial charge < -0.3 is 4.90 Å².